The molecule has 0 aliphatic carbocycles. The molecule has 1 amide bonds. The van der Waals surface area contributed by atoms with E-state index in [1.54, 1.807) is 49.4 Å². The van der Waals surface area contributed by atoms with Crippen LogP contribution in [0.4, 0.5) is 10.1 Å². The summed E-state index contributed by atoms with van der Waals surface area (Å²) in [4.78, 5) is 29.9. The molecule has 4 aromatic rings. The number of esters is 1. The predicted molar refractivity (Wildman–Crippen MR) is 161 cm³/mol. The maximum absolute atomic E-state index is 13.3. The Morgan fingerprint density at radius 2 is 1.52 bits per heavy atom. The quantitative estimate of drug-likeness (QED) is 0.146. The highest BCUT2D eigenvalue weighted by molar-refractivity contribution is 8.18. The first-order chi connectivity index (χ1) is 19.5. The highest BCUT2D eigenvalue weighted by Gasteiger charge is 2.22. The third kappa shape index (κ3) is 6.62. The van der Waals surface area contributed by atoms with Gasteiger partial charge in [0.1, 0.15) is 5.82 Å². The van der Waals surface area contributed by atoms with Gasteiger partial charge in [-0.15, -0.1) is 0 Å². The van der Waals surface area contributed by atoms with E-state index in [2.05, 4.69) is 22.4 Å². The van der Waals surface area contributed by atoms with Gasteiger partial charge in [-0.2, -0.15) is 4.99 Å². The van der Waals surface area contributed by atoms with Crippen molar-refractivity contribution in [3.63, 3.8) is 0 Å². The zero-order chi connectivity index (χ0) is 27.9. The third-order valence-corrected chi connectivity index (χ3v) is 6.96. The van der Waals surface area contributed by atoms with Gasteiger partial charge in [-0.1, -0.05) is 78.9 Å². The van der Waals surface area contributed by atoms with Crippen molar-refractivity contribution in [1.29, 1.82) is 0 Å². The molecule has 4 aromatic carbocycles. The van der Waals surface area contributed by atoms with Crippen LogP contribution in [-0.4, -0.2) is 23.7 Å². The van der Waals surface area contributed by atoms with Crippen LogP contribution in [0.15, 0.2) is 113 Å². The van der Waals surface area contributed by atoms with Crippen molar-refractivity contribution in [3.8, 4) is 11.1 Å². The highest BCUT2D eigenvalue weighted by Crippen LogP contribution is 2.30. The second kappa shape index (κ2) is 12.4. The van der Waals surface area contributed by atoms with Crippen molar-refractivity contribution in [2.75, 3.05) is 11.9 Å². The van der Waals surface area contributed by atoms with Gasteiger partial charge in [0.05, 0.1) is 17.1 Å². The van der Waals surface area contributed by atoms with Gasteiger partial charge >= 0.3 is 5.97 Å². The first-order valence-corrected chi connectivity index (χ1v) is 13.5. The van der Waals surface area contributed by atoms with Gasteiger partial charge in [0, 0.05) is 5.69 Å². The number of hydrogen-bond acceptors (Lipinski definition) is 5. The smallest absolute Gasteiger partial charge is 0.338 e. The molecule has 1 aliphatic rings. The summed E-state index contributed by atoms with van der Waals surface area (Å²) in [6.45, 7) is 1.97. The molecule has 40 heavy (non-hydrogen) atoms. The van der Waals surface area contributed by atoms with Crippen LogP contribution in [0.2, 0.25) is 0 Å². The van der Waals surface area contributed by atoms with Crippen LogP contribution in [0.25, 0.3) is 28.9 Å². The van der Waals surface area contributed by atoms with E-state index in [0.717, 1.165) is 16.7 Å². The van der Waals surface area contributed by atoms with Crippen LogP contribution in [0.1, 0.15) is 23.6 Å². The normalized spacial score (nSPS) is 14.2. The number of hydrogen-bond donors (Lipinski definition) is 1. The Labute approximate surface area is 236 Å². The molecule has 1 heterocycles. The van der Waals surface area contributed by atoms with Crippen molar-refractivity contribution in [2.24, 2.45) is 4.99 Å². The Kier molecular flexibility index (Phi) is 8.32. The van der Waals surface area contributed by atoms with Crippen LogP contribution in [0.3, 0.4) is 0 Å². The molecule has 0 bridgehead atoms. The van der Waals surface area contributed by atoms with Gasteiger partial charge in [0.2, 0.25) is 0 Å². The van der Waals surface area contributed by atoms with Gasteiger partial charge in [0.15, 0.2) is 5.17 Å². The fourth-order valence-corrected chi connectivity index (χ4v) is 4.90. The number of amidine groups is 1. The Hall–Kier alpha value is -4.75. The summed E-state index contributed by atoms with van der Waals surface area (Å²) in [7, 11) is 0. The van der Waals surface area contributed by atoms with E-state index in [0.29, 0.717) is 32.5 Å². The van der Waals surface area contributed by atoms with Gasteiger partial charge in [-0.25, -0.2) is 9.18 Å². The second-order valence-electron chi connectivity index (χ2n) is 8.85. The van der Waals surface area contributed by atoms with E-state index in [-0.39, 0.29) is 18.3 Å². The molecule has 5 rings (SSSR count). The number of benzene rings is 4. The Morgan fingerprint density at radius 1 is 0.875 bits per heavy atom. The summed E-state index contributed by atoms with van der Waals surface area (Å²) in [6.07, 6.45) is 3.49. The van der Waals surface area contributed by atoms with Crippen molar-refractivity contribution in [2.45, 2.75) is 6.92 Å². The number of halogens is 1. The summed E-state index contributed by atoms with van der Waals surface area (Å²) in [5.41, 5.74) is 5.53. The second-order valence-corrected chi connectivity index (χ2v) is 9.88. The predicted octanol–water partition coefficient (Wildman–Crippen LogP) is 7.68. The lowest BCUT2D eigenvalue weighted by Crippen LogP contribution is -2.08. The van der Waals surface area contributed by atoms with E-state index < -0.39 is 5.97 Å². The molecule has 7 heteroatoms. The highest BCUT2D eigenvalue weighted by atomic mass is 32.2. The lowest BCUT2D eigenvalue weighted by molar-refractivity contribution is -0.136. The lowest BCUT2D eigenvalue weighted by atomic mass is 10.0. The zero-order valence-electron chi connectivity index (χ0n) is 21.6. The van der Waals surface area contributed by atoms with E-state index in [1.807, 2.05) is 48.5 Å². The summed E-state index contributed by atoms with van der Waals surface area (Å²) in [5.74, 6) is -1.13. The van der Waals surface area contributed by atoms with Crippen molar-refractivity contribution in [3.05, 3.63) is 131 Å². The number of amides is 1. The number of aliphatic imine (C=N–C) groups is 1. The number of carbonyl (C=O) groups is 2. The van der Waals surface area contributed by atoms with Crippen LogP contribution in [0, 0.1) is 5.82 Å². The summed E-state index contributed by atoms with van der Waals surface area (Å²) in [5, 5.41) is 3.64. The minimum Gasteiger partial charge on any atom is -0.462 e. The molecule has 1 N–H and O–H groups in total. The molecule has 0 unspecified atom stereocenters. The Morgan fingerprint density at radius 3 is 2.20 bits per heavy atom. The number of anilines is 1. The molecule has 0 aromatic heterocycles. The number of thioether (sulfide) groups is 1. The van der Waals surface area contributed by atoms with Crippen LogP contribution < -0.4 is 5.32 Å². The largest absolute Gasteiger partial charge is 0.462 e. The first-order valence-electron chi connectivity index (χ1n) is 12.7. The Balaban J connectivity index is 1.27. The SMILES string of the molecule is CCOC(=O)/C(=C/c1ccc(F)cc1)c1ccc(NC2=NC(=O)/C(=C/c3ccc(-c4ccccc4)cc3)S2)cc1. The van der Waals surface area contributed by atoms with E-state index >= 15 is 0 Å². The molecule has 5 nitrogen and oxygen atoms in total. The molecule has 0 spiro atoms. The standard InChI is InChI=1S/C33H25FN2O3S/c1-2-39-32(38)29(20-22-10-16-27(34)17-11-22)26-14-18-28(19-15-26)35-33-36-31(37)30(40-33)21-23-8-12-25(13-9-23)24-6-4-3-5-7-24/h3-21H,2H2,1H3,(H,35,36,37)/b29-20+,30-21-. The lowest BCUT2D eigenvalue weighted by Gasteiger charge is -2.10. The fraction of sp³-hybridized carbons (Fsp3) is 0.0606. The fourth-order valence-electron chi connectivity index (χ4n) is 4.07. The maximum atomic E-state index is 13.3. The van der Waals surface area contributed by atoms with Crippen LogP contribution in [-0.2, 0) is 14.3 Å². The number of carbonyl (C=O) groups excluding carboxylic acids is 2. The summed E-state index contributed by atoms with van der Waals surface area (Å²) >= 11 is 1.27. The molecule has 0 radical (unpaired) electrons. The average molecular weight is 549 g/mol. The van der Waals surface area contributed by atoms with Gasteiger partial charge < -0.3 is 10.1 Å². The molecular formula is C33H25FN2O3S. The minimum atomic E-state index is -0.472. The topological polar surface area (TPSA) is 67.8 Å². The van der Waals surface area contributed by atoms with E-state index in [4.69, 9.17) is 4.74 Å². The number of nitrogens with zero attached hydrogens (tertiary/aromatic N) is 1. The number of ether oxygens (including phenoxy) is 1. The van der Waals surface area contributed by atoms with Crippen molar-refractivity contribution >= 4 is 52.2 Å². The molecular weight excluding hydrogens is 523 g/mol. The Bertz CT molecular complexity index is 1610. The minimum absolute atomic E-state index is 0.233. The molecule has 198 valence electrons. The maximum Gasteiger partial charge on any atom is 0.338 e. The number of nitrogens with one attached hydrogen (secondary N) is 1. The third-order valence-electron chi connectivity index (χ3n) is 6.06. The number of rotatable bonds is 7. The molecule has 1 aliphatic heterocycles. The molecule has 0 saturated heterocycles. The molecule has 0 fully saturated rings. The van der Waals surface area contributed by atoms with Crippen LogP contribution in [0.5, 0.6) is 0 Å². The summed E-state index contributed by atoms with van der Waals surface area (Å²) < 4.78 is 18.5. The monoisotopic (exact) mass is 548 g/mol. The van der Waals surface area contributed by atoms with Gasteiger partial charge in [0.25, 0.3) is 5.91 Å². The van der Waals surface area contributed by atoms with E-state index in [1.165, 1.54) is 23.9 Å². The zero-order valence-corrected chi connectivity index (χ0v) is 22.5. The first kappa shape index (κ1) is 26.8. The summed E-state index contributed by atoms with van der Waals surface area (Å²) in [6, 6.07) is 31.1. The molecule has 0 saturated carbocycles. The van der Waals surface area contributed by atoms with Crippen molar-refractivity contribution in [1.82, 2.24) is 0 Å². The van der Waals surface area contributed by atoms with Crippen molar-refractivity contribution < 1.29 is 18.7 Å². The average Bonchev–Trinajstić information content (AvgIpc) is 3.32. The van der Waals surface area contributed by atoms with Crippen LogP contribution >= 0.6 is 11.8 Å². The van der Waals surface area contributed by atoms with Gasteiger partial charge in [-0.3, -0.25) is 4.79 Å². The van der Waals surface area contributed by atoms with E-state index in [9.17, 15) is 14.0 Å². The van der Waals surface area contributed by atoms with Gasteiger partial charge in [-0.05, 0) is 82.9 Å². The molecule has 0 atom stereocenters.